The molecule has 0 N–H and O–H groups in total. The van der Waals surface area contributed by atoms with E-state index in [0.717, 1.165) is 24.1 Å². The second kappa shape index (κ2) is 8.03. The number of likely N-dealkylation sites (tertiary alicyclic amines) is 1. The number of hydrogen-bond acceptors (Lipinski definition) is 4. The number of carbonyl (C=O) groups is 1. The topological polar surface area (TPSA) is 56.6 Å². The molecular formula is C21H29N3O3. The monoisotopic (exact) mass is 371 g/mol. The first-order chi connectivity index (χ1) is 12.8. The van der Waals surface area contributed by atoms with E-state index in [4.69, 9.17) is 9.47 Å². The summed E-state index contributed by atoms with van der Waals surface area (Å²) in [7, 11) is 0. The first kappa shape index (κ1) is 19.3. The summed E-state index contributed by atoms with van der Waals surface area (Å²) < 4.78 is 13.3. The third-order valence-electron chi connectivity index (χ3n) is 4.59. The number of aromatic nitrogens is 2. The van der Waals surface area contributed by atoms with Gasteiger partial charge in [-0.3, -0.25) is 4.68 Å². The highest BCUT2D eigenvalue weighted by Crippen LogP contribution is 2.26. The van der Waals surface area contributed by atoms with Gasteiger partial charge in [-0.2, -0.15) is 0 Å². The van der Waals surface area contributed by atoms with E-state index in [-0.39, 0.29) is 12.1 Å². The van der Waals surface area contributed by atoms with Gasteiger partial charge in [0.25, 0.3) is 0 Å². The summed E-state index contributed by atoms with van der Waals surface area (Å²) in [5.74, 6) is 0.644. The number of aryl methyl sites for hydroxylation is 1. The lowest BCUT2D eigenvalue weighted by Crippen LogP contribution is -2.42. The third-order valence-corrected chi connectivity index (χ3v) is 4.59. The number of amides is 1. The van der Waals surface area contributed by atoms with Crippen LogP contribution >= 0.6 is 0 Å². The van der Waals surface area contributed by atoms with Gasteiger partial charge in [0.1, 0.15) is 12.2 Å². The molecule has 0 radical (unpaired) electrons. The zero-order chi connectivity index (χ0) is 19.4. The van der Waals surface area contributed by atoms with Crippen molar-refractivity contribution < 1.29 is 14.3 Å². The van der Waals surface area contributed by atoms with Crippen molar-refractivity contribution in [3.63, 3.8) is 0 Å². The number of rotatable bonds is 4. The van der Waals surface area contributed by atoms with Crippen LogP contribution in [0.15, 0.2) is 36.4 Å². The molecule has 27 heavy (non-hydrogen) atoms. The Kier molecular flexibility index (Phi) is 5.73. The van der Waals surface area contributed by atoms with Gasteiger partial charge in [0.2, 0.25) is 5.88 Å². The fourth-order valence-corrected chi connectivity index (χ4v) is 3.25. The standard InChI is InChI=1S/C21H29N3O3/c1-16-14-19(26-15-17-8-6-5-7-9-17)22-24(16)18-10-12-23(13-11-18)20(25)27-21(2,3)4/h5-9,14,18H,10-13,15H2,1-4H3. The zero-order valence-electron chi connectivity index (χ0n) is 16.6. The van der Waals surface area contributed by atoms with E-state index in [0.29, 0.717) is 25.6 Å². The first-order valence-electron chi connectivity index (χ1n) is 9.52. The Balaban J connectivity index is 1.55. The minimum atomic E-state index is -0.461. The average molecular weight is 371 g/mol. The molecular weight excluding hydrogens is 342 g/mol. The molecule has 1 fully saturated rings. The molecule has 1 saturated heterocycles. The molecule has 0 atom stereocenters. The van der Waals surface area contributed by atoms with Crippen molar-refractivity contribution in [1.82, 2.24) is 14.7 Å². The van der Waals surface area contributed by atoms with Gasteiger partial charge in [-0.05, 0) is 46.1 Å². The normalized spacial score (nSPS) is 15.6. The van der Waals surface area contributed by atoms with E-state index in [1.165, 1.54) is 0 Å². The molecule has 0 spiro atoms. The average Bonchev–Trinajstić information content (AvgIpc) is 3.00. The number of hydrogen-bond donors (Lipinski definition) is 0. The predicted octanol–water partition coefficient (Wildman–Crippen LogP) is 4.34. The van der Waals surface area contributed by atoms with Crippen molar-refractivity contribution in [3.05, 3.63) is 47.7 Å². The van der Waals surface area contributed by atoms with Crippen molar-refractivity contribution in [2.24, 2.45) is 0 Å². The van der Waals surface area contributed by atoms with Crippen LogP contribution < -0.4 is 4.74 Å². The van der Waals surface area contributed by atoms with Crippen molar-refractivity contribution in [2.75, 3.05) is 13.1 Å². The Hall–Kier alpha value is -2.50. The Morgan fingerprint density at radius 3 is 2.48 bits per heavy atom. The minimum Gasteiger partial charge on any atom is -0.472 e. The molecule has 0 bridgehead atoms. The van der Waals surface area contributed by atoms with E-state index in [1.807, 2.05) is 68.8 Å². The van der Waals surface area contributed by atoms with Crippen molar-refractivity contribution in [2.45, 2.75) is 58.8 Å². The summed E-state index contributed by atoms with van der Waals surface area (Å²) in [6.45, 7) is 9.58. The lowest BCUT2D eigenvalue weighted by molar-refractivity contribution is 0.0184. The summed E-state index contributed by atoms with van der Waals surface area (Å²) in [5, 5.41) is 4.64. The largest absolute Gasteiger partial charge is 0.472 e. The molecule has 0 unspecified atom stereocenters. The molecule has 0 aliphatic carbocycles. The lowest BCUT2D eigenvalue weighted by atomic mass is 10.1. The number of ether oxygens (including phenoxy) is 2. The Morgan fingerprint density at radius 2 is 1.85 bits per heavy atom. The summed E-state index contributed by atoms with van der Waals surface area (Å²) in [4.78, 5) is 14.0. The highest BCUT2D eigenvalue weighted by Gasteiger charge is 2.28. The van der Waals surface area contributed by atoms with Gasteiger partial charge in [-0.1, -0.05) is 30.3 Å². The van der Waals surface area contributed by atoms with Crippen LogP contribution in [0, 0.1) is 6.92 Å². The maximum absolute atomic E-state index is 12.2. The second-order valence-electron chi connectivity index (χ2n) is 8.04. The molecule has 0 saturated carbocycles. The highest BCUT2D eigenvalue weighted by molar-refractivity contribution is 5.68. The maximum atomic E-state index is 12.2. The van der Waals surface area contributed by atoms with Crippen molar-refractivity contribution >= 4 is 6.09 Å². The van der Waals surface area contributed by atoms with Crippen LogP contribution in [-0.4, -0.2) is 39.5 Å². The zero-order valence-corrected chi connectivity index (χ0v) is 16.6. The van der Waals surface area contributed by atoms with E-state index < -0.39 is 5.60 Å². The predicted molar refractivity (Wildman–Crippen MR) is 104 cm³/mol. The van der Waals surface area contributed by atoms with E-state index >= 15 is 0 Å². The minimum absolute atomic E-state index is 0.231. The van der Waals surface area contributed by atoms with Crippen LogP contribution in [0.3, 0.4) is 0 Å². The Bertz CT molecular complexity index is 757. The summed E-state index contributed by atoms with van der Waals surface area (Å²) >= 11 is 0. The van der Waals surface area contributed by atoms with Gasteiger partial charge >= 0.3 is 6.09 Å². The lowest BCUT2D eigenvalue weighted by Gasteiger charge is -2.33. The van der Waals surface area contributed by atoms with Gasteiger partial charge in [-0.25, -0.2) is 4.79 Å². The molecule has 2 aromatic rings. The third kappa shape index (κ3) is 5.25. The number of piperidine rings is 1. The molecule has 1 aliphatic rings. The first-order valence-corrected chi connectivity index (χ1v) is 9.52. The van der Waals surface area contributed by atoms with Gasteiger partial charge in [0, 0.05) is 24.8 Å². The van der Waals surface area contributed by atoms with Crippen LogP contribution in [0.4, 0.5) is 4.79 Å². The summed E-state index contributed by atoms with van der Waals surface area (Å²) in [5.41, 5.74) is 1.74. The molecule has 1 aliphatic heterocycles. The van der Waals surface area contributed by atoms with Crippen LogP contribution in [0.2, 0.25) is 0 Å². The van der Waals surface area contributed by atoms with Crippen LogP contribution in [0.1, 0.15) is 50.9 Å². The van der Waals surface area contributed by atoms with E-state index in [2.05, 4.69) is 5.10 Å². The fourth-order valence-electron chi connectivity index (χ4n) is 3.25. The molecule has 1 aromatic heterocycles. The van der Waals surface area contributed by atoms with Gasteiger partial charge in [-0.15, -0.1) is 5.10 Å². The van der Waals surface area contributed by atoms with Crippen LogP contribution in [-0.2, 0) is 11.3 Å². The molecule has 2 heterocycles. The molecule has 1 aromatic carbocycles. The van der Waals surface area contributed by atoms with Gasteiger partial charge in [0.05, 0.1) is 6.04 Å². The SMILES string of the molecule is Cc1cc(OCc2ccccc2)nn1C1CCN(C(=O)OC(C)(C)C)CC1. The highest BCUT2D eigenvalue weighted by atomic mass is 16.6. The maximum Gasteiger partial charge on any atom is 0.410 e. The second-order valence-corrected chi connectivity index (χ2v) is 8.04. The summed E-state index contributed by atoms with van der Waals surface area (Å²) in [6.07, 6.45) is 1.49. The number of nitrogens with zero attached hydrogens (tertiary/aromatic N) is 3. The Morgan fingerprint density at radius 1 is 1.19 bits per heavy atom. The van der Waals surface area contributed by atoms with E-state index in [9.17, 15) is 4.79 Å². The molecule has 146 valence electrons. The van der Waals surface area contributed by atoms with Crippen molar-refractivity contribution in [3.8, 4) is 5.88 Å². The quantitative estimate of drug-likeness (QED) is 0.802. The van der Waals surface area contributed by atoms with Gasteiger partial charge in [0.15, 0.2) is 0 Å². The summed E-state index contributed by atoms with van der Waals surface area (Å²) in [6, 6.07) is 12.3. The Labute approximate surface area is 161 Å². The van der Waals surface area contributed by atoms with Crippen molar-refractivity contribution in [1.29, 1.82) is 0 Å². The van der Waals surface area contributed by atoms with Gasteiger partial charge < -0.3 is 14.4 Å². The number of carbonyl (C=O) groups excluding carboxylic acids is 1. The van der Waals surface area contributed by atoms with Crippen LogP contribution in [0.25, 0.3) is 0 Å². The molecule has 6 heteroatoms. The molecule has 3 rings (SSSR count). The van der Waals surface area contributed by atoms with Crippen LogP contribution in [0.5, 0.6) is 5.88 Å². The fraction of sp³-hybridized carbons (Fsp3) is 0.524. The molecule has 6 nitrogen and oxygen atoms in total. The smallest absolute Gasteiger partial charge is 0.410 e. The van der Waals surface area contributed by atoms with E-state index in [1.54, 1.807) is 4.90 Å². The number of benzene rings is 1. The molecule has 1 amide bonds.